The fraction of sp³-hybridized carbons (Fsp3) is 0.462. The van der Waals surface area contributed by atoms with E-state index in [1.807, 2.05) is 19.9 Å². The van der Waals surface area contributed by atoms with Crippen LogP contribution in [0.25, 0.3) is 5.78 Å². The lowest BCUT2D eigenvalue weighted by Gasteiger charge is -2.16. The van der Waals surface area contributed by atoms with E-state index in [1.165, 1.54) is 4.52 Å². The van der Waals surface area contributed by atoms with Crippen molar-refractivity contribution < 1.29 is 14.7 Å². The number of rotatable bonds is 4. The Bertz CT molecular complexity index is 707. The molecule has 2 heterocycles. The van der Waals surface area contributed by atoms with E-state index in [2.05, 4.69) is 20.4 Å². The molecule has 2 aromatic rings. The number of aromatic nitrogens is 4. The van der Waals surface area contributed by atoms with Gasteiger partial charge in [-0.25, -0.2) is 14.3 Å². The third-order valence-electron chi connectivity index (χ3n) is 3.04. The summed E-state index contributed by atoms with van der Waals surface area (Å²) in [5, 5.41) is 15.6. The first-order valence-corrected chi connectivity index (χ1v) is 6.54. The maximum atomic E-state index is 12.1. The van der Waals surface area contributed by atoms with E-state index in [-0.39, 0.29) is 11.7 Å². The summed E-state index contributed by atoms with van der Waals surface area (Å²) in [6.45, 7) is 7.07. The molecule has 0 bridgehead atoms. The van der Waals surface area contributed by atoms with Crippen molar-refractivity contribution >= 4 is 17.7 Å². The molecule has 2 N–H and O–H groups in total. The van der Waals surface area contributed by atoms with Gasteiger partial charge < -0.3 is 10.4 Å². The third-order valence-corrected chi connectivity index (χ3v) is 3.04. The highest BCUT2D eigenvalue weighted by atomic mass is 16.4. The van der Waals surface area contributed by atoms with Gasteiger partial charge >= 0.3 is 5.97 Å². The van der Waals surface area contributed by atoms with Gasteiger partial charge in [0, 0.05) is 11.4 Å². The lowest BCUT2D eigenvalue weighted by atomic mass is 10.1. The molecular formula is C13H17N5O3. The number of carbonyl (C=O) groups excluding carboxylic acids is 1. The number of aryl methyl sites for hydroxylation is 2. The van der Waals surface area contributed by atoms with Crippen molar-refractivity contribution in [2.45, 2.75) is 33.7 Å². The zero-order valence-corrected chi connectivity index (χ0v) is 12.3. The summed E-state index contributed by atoms with van der Waals surface area (Å²) in [5.74, 6) is -1.74. The van der Waals surface area contributed by atoms with E-state index >= 15 is 0 Å². The van der Waals surface area contributed by atoms with E-state index in [9.17, 15) is 9.59 Å². The molecule has 8 heteroatoms. The van der Waals surface area contributed by atoms with Crippen molar-refractivity contribution in [1.29, 1.82) is 0 Å². The Hall–Kier alpha value is -2.51. The fourth-order valence-corrected chi connectivity index (χ4v) is 1.98. The van der Waals surface area contributed by atoms with E-state index in [0.717, 1.165) is 11.4 Å². The Balaban J connectivity index is 2.31. The zero-order chi connectivity index (χ0) is 15.7. The summed E-state index contributed by atoms with van der Waals surface area (Å²) < 4.78 is 1.45. The molecule has 0 saturated carbocycles. The summed E-state index contributed by atoms with van der Waals surface area (Å²) >= 11 is 0. The SMILES string of the molecule is Cc1cc(C)n2nc(C(=O)N[C@H](C(=O)O)C(C)C)nc2n1. The van der Waals surface area contributed by atoms with Gasteiger partial charge in [0.2, 0.25) is 5.82 Å². The van der Waals surface area contributed by atoms with Gasteiger partial charge in [-0.1, -0.05) is 13.8 Å². The van der Waals surface area contributed by atoms with Crippen molar-refractivity contribution in [3.8, 4) is 0 Å². The zero-order valence-electron chi connectivity index (χ0n) is 12.3. The van der Waals surface area contributed by atoms with Gasteiger partial charge in [0.25, 0.3) is 11.7 Å². The highest BCUT2D eigenvalue weighted by Gasteiger charge is 2.26. The van der Waals surface area contributed by atoms with Gasteiger partial charge in [-0.3, -0.25) is 4.79 Å². The number of amides is 1. The lowest BCUT2D eigenvalue weighted by Crippen LogP contribution is -2.44. The normalized spacial score (nSPS) is 12.6. The molecule has 0 fully saturated rings. The van der Waals surface area contributed by atoms with Crippen molar-refractivity contribution in [2.24, 2.45) is 5.92 Å². The molecule has 2 rings (SSSR count). The van der Waals surface area contributed by atoms with Gasteiger partial charge in [-0.05, 0) is 25.8 Å². The molecule has 0 saturated heterocycles. The molecule has 0 unspecified atom stereocenters. The van der Waals surface area contributed by atoms with Crippen molar-refractivity contribution in [3.63, 3.8) is 0 Å². The standard InChI is InChI=1S/C13H17N5O3/c1-6(2)9(12(20)21)15-11(19)10-16-13-14-7(3)5-8(4)18(13)17-10/h5-6,9H,1-4H3,(H,15,19)(H,20,21)/t9-/m0/s1. The van der Waals surface area contributed by atoms with Crippen LogP contribution >= 0.6 is 0 Å². The number of carboxylic acids is 1. The Morgan fingerprint density at radius 2 is 1.95 bits per heavy atom. The molecular weight excluding hydrogens is 274 g/mol. The number of nitrogens with one attached hydrogen (secondary N) is 1. The first-order valence-electron chi connectivity index (χ1n) is 6.54. The Labute approximate surface area is 121 Å². The van der Waals surface area contributed by atoms with E-state index in [1.54, 1.807) is 13.8 Å². The maximum Gasteiger partial charge on any atom is 0.326 e. The van der Waals surface area contributed by atoms with Gasteiger partial charge in [-0.15, -0.1) is 5.10 Å². The second-order valence-electron chi connectivity index (χ2n) is 5.22. The molecule has 2 aromatic heterocycles. The number of hydrogen-bond acceptors (Lipinski definition) is 5. The predicted octanol–water partition coefficient (Wildman–Crippen LogP) is 0.580. The number of aliphatic carboxylic acids is 1. The molecule has 1 atom stereocenters. The van der Waals surface area contributed by atoms with Gasteiger partial charge in [0.15, 0.2) is 0 Å². The van der Waals surface area contributed by atoms with Gasteiger partial charge in [-0.2, -0.15) is 4.98 Å². The van der Waals surface area contributed by atoms with Crippen LogP contribution in [0.15, 0.2) is 6.07 Å². The minimum absolute atomic E-state index is 0.0944. The molecule has 0 aliphatic rings. The van der Waals surface area contributed by atoms with Crippen LogP contribution in [0.3, 0.4) is 0 Å². The van der Waals surface area contributed by atoms with Crippen LogP contribution in [-0.2, 0) is 4.79 Å². The fourth-order valence-electron chi connectivity index (χ4n) is 1.98. The second-order valence-corrected chi connectivity index (χ2v) is 5.22. The number of carbonyl (C=O) groups is 2. The quantitative estimate of drug-likeness (QED) is 0.852. The van der Waals surface area contributed by atoms with Crippen molar-refractivity contribution in [2.75, 3.05) is 0 Å². The molecule has 0 aliphatic carbocycles. The third kappa shape index (κ3) is 2.99. The highest BCUT2D eigenvalue weighted by molar-refractivity contribution is 5.93. The maximum absolute atomic E-state index is 12.1. The van der Waals surface area contributed by atoms with E-state index in [4.69, 9.17) is 5.11 Å². The second kappa shape index (κ2) is 5.47. The summed E-state index contributed by atoms with van der Waals surface area (Å²) in [5.41, 5.74) is 1.56. The van der Waals surface area contributed by atoms with Gasteiger partial charge in [0.05, 0.1) is 0 Å². The lowest BCUT2D eigenvalue weighted by molar-refractivity contribution is -0.140. The molecule has 0 radical (unpaired) electrons. The van der Waals surface area contributed by atoms with Crippen LogP contribution in [-0.4, -0.2) is 42.6 Å². The van der Waals surface area contributed by atoms with Crippen LogP contribution in [0, 0.1) is 19.8 Å². The summed E-state index contributed by atoms with van der Waals surface area (Å²) in [6.07, 6.45) is 0. The molecule has 8 nitrogen and oxygen atoms in total. The Kier molecular flexibility index (Phi) is 3.88. The Morgan fingerprint density at radius 3 is 2.52 bits per heavy atom. The average Bonchev–Trinajstić information content (AvgIpc) is 2.78. The van der Waals surface area contributed by atoms with Crippen LogP contribution in [0.5, 0.6) is 0 Å². The molecule has 1 amide bonds. The number of carboxylic acid groups (broad SMARTS) is 1. The molecule has 0 spiro atoms. The molecule has 21 heavy (non-hydrogen) atoms. The summed E-state index contributed by atoms with van der Waals surface area (Å²) in [6, 6.07) is 0.831. The van der Waals surface area contributed by atoms with E-state index in [0.29, 0.717) is 5.78 Å². The van der Waals surface area contributed by atoms with Crippen LogP contribution in [0.1, 0.15) is 35.9 Å². The largest absolute Gasteiger partial charge is 0.480 e. The van der Waals surface area contributed by atoms with Crippen molar-refractivity contribution in [1.82, 2.24) is 24.9 Å². The molecule has 112 valence electrons. The summed E-state index contributed by atoms with van der Waals surface area (Å²) in [7, 11) is 0. The highest BCUT2D eigenvalue weighted by Crippen LogP contribution is 2.07. The summed E-state index contributed by atoms with van der Waals surface area (Å²) in [4.78, 5) is 31.4. The van der Waals surface area contributed by atoms with Crippen LogP contribution in [0.2, 0.25) is 0 Å². The monoisotopic (exact) mass is 291 g/mol. The van der Waals surface area contributed by atoms with Gasteiger partial charge in [0.1, 0.15) is 6.04 Å². The Morgan fingerprint density at radius 1 is 1.29 bits per heavy atom. The average molecular weight is 291 g/mol. The molecule has 0 aromatic carbocycles. The van der Waals surface area contributed by atoms with Crippen molar-refractivity contribution in [3.05, 3.63) is 23.3 Å². The minimum Gasteiger partial charge on any atom is -0.480 e. The van der Waals surface area contributed by atoms with Crippen LogP contribution < -0.4 is 5.32 Å². The van der Waals surface area contributed by atoms with Crippen LogP contribution in [0.4, 0.5) is 0 Å². The van der Waals surface area contributed by atoms with E-state index < -0.39 is 17.9 Å². The predicted molar refractivity (Wildman–Crippen MR) is 74.0 cm³/mol. The number of hydrogen-bond donors (Lipinski definition) is 2. The number of nitrogens with zero attached hydrogens (tertiary/aromatic N) is 4. The first kappa shape index (κ1) is 14.9. The topological polar surface area (TPSA) is 109 Å². The smallest absolute Gasteiger partial charge is 0.326 e. The molecule has 0 aliphatic heterocycles. The minimum atomic E-state index is -1.09. The number of fused-ring (bicyclic) bond motifs is 1. The first-order chi connectivity index (χ1) is 9.79.